The molecule has 1 aromatic rings. The summed E-state index contributed by atoms with van der Waals surface area (Å²) in [6.45, 7) is 6.56. The van der Waals surface area contributed by atoms with Gasteiger partial charge in [0.2, 0.25) is 0 Å². The highest BCUT2D eigenvalue weighted by Crippen LogP contribution is 2.06. The molecule has 0 bridgehead atoms. The van der Waals surface area contributed by atoms with E-state index >= 15 is 0 Å². The molecule has 0 spiro atoms. The smallest absolute Gasteiger partial charge is 0.0208 e. The minimum absolute atomic E-state index is 0. The molecule has 0 unspecified atom stereocenters. The molecule has 0 aliphatic rings. The zero-order chi connectivity index (χ0) is 10.2. The van der Waals surface area contributed by atoms with Crippen molar-refractivity contribution in [2.24, 2.45) is 0 Å². The number of hydrogen-bond acceptors (Lipinski definition) is 1. The van der Waals surface area contributed by atoms with Gasteiger partial charge in [-0.25, -0.2) is 0 Å². The molecule has 0 atom stereocenters. The summed E-state index contributed by atoms with van der Waals surface area (Å²) in [6.07, 6.45) is 3.93. The van der Waals surface area contributed by atoms with Gasteiger partial charge in [0.25, 0.3) is 0 Å². The molecule has 1 nitrogen and oxygen atoms in total. The minimum atomic E-state index is 0. The van der Waals surface area contributed by atoms with Crippen LogP contribution < -0.4 is 5.32 Å². The monoisotopic (exact) mass is 227 g/mol. The molecule has 0 saturated heterocycles. The first kappa shape index (κ1) is 14.5. The summed E-state index contributed by atoms with van der Waals surface area (Å²) in [5.41, 5.74) is 2.81. The number of unbranched alkanes of at least 4 members (excludes halogenated alkanes) is 2. The average Bonchev–Trinajstić information content (AvgIpc) is 2.20. The average molecular weight is 228 g/mol. The molecule has 1 aromatic carbocycles. The Labute approximate surface area is 99.7 Å². The molecule has 0 aromatic heterocycles. The van der Waals surface area contributed by atoms with Gasteiger partial charge < -0.3 is 5.32 Å². The van der Waals surface area contributed by atoms with Gasteiger partial charge in [0.05, 0.1) is 0 Å². The van der Waals surface area contributed by atoms with Crippen molar-refractivity contribution < 1.29 is 0 Å². The third-order valence-electron chi connectivity index (χ3n) is 2.53. The summed E-state index contributed by atoms with van der Waals surface area (Å²) in [4.78, 5) is 0. The molecule has 0 amide bonds. The summed E-state index contributed by atoms with van der Waals surface area (Å²) in [7, 11) is 0. The predicted molar refractivity (Wildman–Crippen MR) is 69.7 cm³/mol. The zero-order valence-electron chi connectivity index (χ0n) is 9.75. The Bertz CT molecular complexity index is 260. The lowest BCUT2D eigenvalue weighted by Crippen LogP contribution is -2.15. The van der Waals surface area contributed by atoms with Crippen molar-refractivity contribution in [1.29, 1.82) is 0 Å². The lowest BCUT2D eigenvalue weighted by atomic mass is 10.1. The van der Waals surface area contributed by atoms with Gasteiger partial charge in [-0.2, -0.15) is 0 Å². The van der Waals surface area contributed by atoms with Crippen LogP contribution in [0, 0.1) is 6.92 Å². The summed E-state index contributed by atoms with van der Waals surface area (Å²) >= 11 is 0. The van der Waals surface area contributed by atoms with Crippen molar-refractivity contribution in [3.63, 3.8) is 0 Å². The van der Waals surface area contributed by atoms with Crippen molar-refractivity contribution >= 4 is 12.4 Å². The summed E-state index contributed by atoms with van der Waals surface area (Å²) < 4.78 is 0. The van der Waals surface area contributed by atoms with Crippen molar-refractivity contribution in [1.82, 2.24) is 5.32 Å². The Kier molecular flexibility index (Phi) is 8.44. The SMILES string of the molecule is CCCCCNCc1ccccc1C.Cl. The van der Waals surface area contributed by atoms with Gasteiger partial charge in [-0.3, -0.25) is 0 Å². The summed E-state index contributed by atoms with van der Waals surface area (Å²) in [5, 5.41) is 3.48. The summed E-state index contributed by atoms with van der Waals surface area (Å²) in [5.74, 6) is 0. The van der Waals surface area contributed by atoms with E-state index in [2.05, 4.69) is 43.4 Å². The van der Waals surface area contributed by atoms with Crippen molar-refractivity contribution in [3.05, 3.63) is 35.4 Å². The standard InChI is InChI=1S/C13H21N.ClH/c1-3-4-7-10-14-11-13-9-6-5-8-12(13)2;/h5-6,8-9,14H,3-4,7,10-11H2,1-2H3;1H. The van der Waals surface area contributed by atoms with Crippen LogP contribution in [-0.4, -0.2) is 6.54 Å². The van der Waals surface area contributed by atoms with Gasteiger partial charge >= 0.3 is 0 Å². The first-order chi connectivity index (χ1) is 6.84. The molecule has 0 saturated carbocycles. The van der Waals surface area contributed by atoms with Crippen molar-refractivity contribution in [2.45, 2.75) is 39.7 Å². The number of rotatable bonds is 6. The molecule has 1 rings (SSSR count). The van der Waals surface area contributed by atoms with Gasteiger partial charge in [-0.05, 0) is 31.0 Å². The summed E-state index contributed by atoms with van der Waals surface area (Å²) in [6, 6.07) is 8.57. The highest BCUT2D eigenvalue weighted by molar-refractivity contribution is 5.85. The van der Waals surface area contributed by atoms with Crippen LogP contribution in [0.3, 0.4) is 0 Å². The van der Waals surface area contributed by atoms with Crippen LogP contribution in [0.1, 0.15) is 37.3 Å². The molecule has 0 radical (unpaired) electrons. The molecule has 1 N–H and O–H groups in total. The Morgan fingerprint density at radius 3 is 2.53 bits per heavy atom. The molecule has 0 aliphatic heterocycles. The lowest BCUT2D eigenvalue weighted by Gasteiger charge is -2.06. The number of hydrogen-bond donors (Lipinski definition) is 1. The highest BCUT2D eigenvalue weighted by atomic mass is 35.5. The van der Waals surface area contributed by atoms with E-state index in [4.69, 9.17) is 0 Å². The van der Waals surface area contributed by atoms with E-state index in [1.54, 1.807) is 0 Å². The van der Waals surface area contributed by atoms with Crippen LogP contribution >= 0.6 is 12.4 Å². The van der Waals surface area contributed by atoms with E-state index in [0.717, 1.165) is 13.1 Å². The van der Waals surface area contributed by atoms with Gasteiger partial charge in [-0.15, -0.1) is 12.4 Å². The Hall–Kier alpha value is -0.530. The van der Waals surface area contributed by atoms with Gasteiger partial charge in [0.15, 0.2) is 0 Å². The Morgan fingerprint density at radius 1 is 1.13 bits per heavy atom. The van der Waals surface area contributed by atoms with Crippen LogP contribution in [0.4, 0.5) is 0 Å². The molecule has 86 valence electrons. The van der Waals surface area contributed by atoms with E-state index in [9.17, 15) is 0 Å². The number of nitrogens with one attached hydrogen (secondary N) is 1. The van der Waals surface area contributed by atoms with Gasteiger partial charge in [0.1, 0.15) is 0 Å². The van der Waals surface area contributed by atoms with E-state index < -0.39 is 0 Å². The molecule has 0 heterocycles. The molecule has 0 fully saturated rings. The Morgan fingerprint density at radius 2 is 1.87 bits per heavy atom. The van der Waals surface area contributed by atoms with Crippen molar-refractivity contribution in [3.8, 4) is 0 Å². The second-order valence-electron chi connectivity index (χ2n) is 3.81. The van der Waals surface area contributed by atoms with Crippen LogP contribution in [-0.2, 0) is 6.54 Å². The first-order valence-corrected chi connectivity index (χ1v) is 5.60. The first-order valence-electron chi connectivity index (χ1n) is 5.60. The fraction of sp³-hybridized carbons (Fsp3) is 0.538. The maximum absolute atomic E-state index is 3.48. The third kappa shape index (κ3) is 5.81. The zero-order valence-corrected chi connectivity index (χ0v) is 10.6. The quantitative estimate of drug-likeness (QED) is 0.731. The van der Waals surface area contributed by atoms with Crippen molar-refractivity contribution in [2.75, 3.05) is 6.54 Å². The minimum Gasteiger partial charge on any atom is -0.313 e. The maximum Gasteiger partial charge on any atom is 0.0208 e. The van der Waals surface area contributed by atoms with E-state index in [0.29, 0.717) is 0 Å². The normalized spacial score (nSPS) is 9.73. The van der Waals surface area contributed by atoms with E-state index in [-0.39, 0.29) is 12.4 Å². The number of benzene rings is 1. The molecule has 15 heavy (non-hydrogen) atoms. The second-order valence-corrected chi connectivity index (χ2v) is 3.81. The van der Waals surface area contributed by atoms with Gasteiger partial charge in [-0.1, -0.05) is 44.0 Å². The molecular formula is C13H22ClN. The van der Waals surface area contributed by atoms with Crippen LogP contribution in [0.25, 0.3) is 0 Å². The molecular weight excluding hydrogens is 206 g/mol. The third-order valence-corrected chi connectivity index (χ3v) is 2.53. The maximum atomic E-state index is 3.48. The van der Waals surface area contributed by atoms with Crippen LogP contribution in [0.15, 0.2) is 24.3 Å². The fourth-order valence-electron chi connectivity index (χ4n) is 1.53. The predicted octanol–water partition coefficient (Wildman–Crippen LogP) is 3.70. The molecule has 0 aliphatic carbocycles. The number of halogens is 1. The highest BCUT2D eigenvalue weighted by Gasteiger charge is 1.95. The largest absolute Gasteiger partial charge is 0.313 e. The second kappa shape index (κ2) is 8.75. The number of aryl methyl sites for hydroxylation is 1. The van der Waals surface area contributed by atoms with Gasteiger partial charge in [0, 0.05) is 6.54 Å². The van der Waals surface area contributed by atoms with Crippen LogP contribution in [0.5, 0.6) is 0 Å². The van der Waals surface area contributed by atoms with E-state index in [1.807, 2.05) is 0 Å². The fourth-order valence-corrected chi connectivity index (χ4v) is 1.53. The lowest BCUT2D eigenvalue weighted by molar-refractivity contribution is 0.615. The molecule has 2 heteroatoms. The van der Waals surface area contributed by atoms with E-state index in [1.165, 1.54) is 30.4 Å². The topological polar surface area (TPSA) is 12.0 Å². The van der Waals surface area contributed by atoms with Crippen LogP contribution in [0.2, 0.25) is 0 Å². The Balaban J connectivity index is 0.00000196.